The Morgan fingerprint density at radius 3 is 2.62 bits per heavy atom. The monoisotopic (exact) mass is 353 g/mol. The fourth-order valence-corrected chi connectivity index (χ4v) is 4.22. The van der Waals surface area contributed by atoms with Gasteiger partial charge in [-0.15, -0.1) is 0 Å². The van der Waals surface area contributed by atoms with E-state index < -0.39 is 5.72 Å². The third kappa shape index (κ3) is 2.52. The second-order valence-corrected chi connectivity index (χ2v) is 7.11. The highest BCUT2D eigenvalue weighted by atomic mass is 16.7. The van der Waals surface area contributed by atoms with Crippen molar-refractivity contribution in [2.45, 2.75) is 19.1 Å². The van der Waals surface area contributed by atoms with Gasteiger partial charge >= 0.3 is 0 Å². The average Bonchev–Trinajstić information content (AvgIpc) is 3.15. The lowest BCUT2D eigenvalue weighted by Crippen LogP contribution is -2.57. The van der Waals surface area contributed by atoms with E-state index in [-0.39, 0.29) is 0 Å². The van der Waals surface area contributed by atoms with Gasteiger partial charge in [0.05, 0.1) is 6.61 Å². The van der Waals surface area contributed by atoms with E-state index in [2.05, 4.69) is 39.9 Å². The van der Waals surface area contributed by atoms with Crippen LogP contribution in [-0.2, 0) is 16.9 Å². The number of rotatable bonds is 2. The molecule has 26 heavy (non-hydrogen) atoms. The Kier molecular flexibility index (Phi) is 3.76. The SMILES string of the molecule is CC1(N2CCN(c3ccccn3)CC2)OCCc2cc3c(cc21)OCO3. The first-order valence-corrected chi connectivity index (χ1v) is 9.22. The molecule has 1 saturated heterocycles. The van der Waals surface area contributed by atoms with Crippen LogP contribution in [0.1, 0.15) is 18.1 Å². The molecule has 2 aromatic rings. The van der Waals surface area contributed by atoms with Crippen LogP contribution in [0.15, 0.2) is 36.5 Å². The predicted octanol–water partition coefficient (Wildman–Crippen LogP) is 2.38. The van der Waals surface area contributed by atoms with Gasteiger partial charge in [-0.2, -0.15) is 0 Å². The van der Waals surface area contributed by atoms with Gasteiger partial charge < -0.3 is 19.1 Å². The number of nitrogens with zero attached hydrogens (tertiary/aromatic N) is 3. The van der Waals surface area contributed by atoms with E-state index in [1.54, 1.807) is 0 Å². The molecule has 1 atom stereocenters. The van der Waals surface area contributed by atoms with Crippen molar-refractivity contribution in [2.24, 2.45) is 0 Å². The first-order valence-electron chi connectivity index (χ1n) is 9.22. The molecule has 0 N–H and O–H groups in total. The van der Waals surface area contributed by atoms with Gasteiger partial charge in [-0.3, -0.25) is 4.90 Å². The van der Waals surface area contributed by atoms with Crippen molar-refractivity contribution in [3.8, 4) is 11.5 Å². The molecule has 1 fully saturated rings. The number of pyridine rings is 1. The molecule has 0 amide bonds. The molecule has 1 aromatic carbocycles. The minimum absolute atomic E-state index is 0.304. The fourth-order valence-electron chi connectivity index (χ4n) is 4.22. The maximum atomic E-state index is 6.33. The Balaban J connectivity index is 1.40. The second-order valence-electron chi connectivity index (χ2n) is 7.11. The van der Waals surface area contributed by atoms with Gasteiger partial charge in [-0.05, 0) is 43.2 Å². The second kappa shape index (κ2) is 6.14. The van der Waals surface area contributed by atoms with Crippen LogP contribution >= 0.6 is 0 Å². The highest BCUT2D eigenvalue weighted by Gasteiger charge is 2.41. The molecule has 6 heteroatoms. The zero-order valence-electron chi connectivity index (χ0n) is 15.0. The Hall–Kier alpha value is -2.31. The molecule has 1 unspecified atom stereocenters. The first kappa shape index (κ1) is 15.9. The molecule has 0 aliphatic carbocycles. The molecule has 4 heterocycles. The summed E-state index contributed by atoms with van der Waals surface area (Å²) in [5.74, 6) is 2.73. The number of hydrogen-bond acceptors (Lipinski definition) is 6. The molecule has 136 valence electrons. The highest BCUT2D eigenvalue weighted by molar-refractivity contribution is 5.51. The first-order chi connectivity index (χ1) is 12.7. The average molecular weight is 353 g/mol. The summed E-state index contributed by atoms with van der Waals surface area (Å²) in [5, 5.41) is 0. The van der Waals surface area contributed by atoms with Gasteiger partial charge in [0.2, 0.25) is 6.79 Å². The van der Waals surface area contributed by atoms with Crippen LogP contribution in [0.2, 0.25) is 0 Å². The predicted molar refractivity (Wildman–Crippen MR) is 97.6 cm³/mol. The lowest BCUT2D eigenvalue weighted by molar-refractivity contribution is -0.161. The van der Waals surface area contributed by atoms with Crippen LogP contribution in [0.5, 0.6) is 11.5 Å². The van der Waals surface area contributed by atoms with Crippen LogP contribution in [0.25, 0.3) is 0 Å². The zero-order chi connectivity index (χ0) is 17.6. The van der Waals surface area contributed by atoms with E-state index in [9.17, 15) is 0 Å². The van der Waals surface area contributed by atoms with Gasteiger partial charge in [0.15, 0.2) is 11.5 Å². The maximum absolute atomic E-state index is 6.33. The van der Waals surface area contributed by atoms with Crippen LogP contribution in [0.3, 0.4) is 0 Å². The topological polar surface area (TPSA) is 47.1 Å². The van der Waals surface area contributed by atoms with Crippen molar-refractivity contribution in [1.29, 1.82) is 0 Å². The molecule has 0 spiro atoms. The van der Waals surface area contributed by atoms with E-state index in [4.69, 9.17) is 14.2 Å². The lowest BCUT2D eigenvalue weighted by Gasteiger charge is -2.48. The van der Waals surface area contributed by atoms with Crippen molar-refractivity contribution in [1.82, 2.24) is 9.88 Å². The zero-order valence-corrected chi connectivity index (χ0v) is 15.0. The van der Waals surface area contributed by atoms with E-state index in [1.807, 2.05) is 18.3 Å². The van der Waals surface area contributed by atoms with E-state index in [0.717, 1.165) is 56.5 Å². The smallest absolute Gasteiger partial charge is 0.231 e. The molecule has 3 aliphatic rings. The van der Waals surface area contributed by atoms with Crippen LogP contribution in [-0.4, -0.2) is 49.5 Å². The summed E-state index contributed by atoms with van der Waals surface area (Å²) >= 11 is 0. The number of hydrogen-bond donors (Lipinski definition) is 0. The van der Waals surface area contributed by atoms with Crippen LogP contribution < -0.4 is 14.4 Å². The summed E-state index contributed by atoms with van der Waals surface area (Å²) in [5.41, 5.74) is 2.08. The Morgan fingerprint density at radius 1 is 1.04 bits per heavy atom. The van der Waals surface area contributed by atoms with E-state index in [0.29, 0.717) is 6.79 Å². The Bertz CT molecular complexity index is 805. The number of benzene rings is 1. The summed E-state index contributed by atoms with van der Waals surface area (Å²) in [6.45, 7) is 6.96. The number of fused-ring (bicyclic) bond motifs is 2. The normalized spacial score (nSPS) is 25.2. The summed E-state index contributed by atoms with van der Waals surface area (Å²) in [6, 6.07) is 10.3. The summed E-state index contributed by atoms with van der Waals surface area (Å²) < 4.78 is 17.5. The molecule has 1 aromatic heterocycles. The molecule has 5 rings (SSSR count). The van der Waals surface area contributed by atoms with Crippen molar-refractivity contribution in [3.05, 3.63) is 47.7 Å². The number of ether oxygens (including phenoxy) is 3. The molecule has 0 bridgehead atoms. The van der Waals surface area contributed by atoms with Gasteiger partial charge in [-0.25, -0.2) is 4.98 Å². The molecule has 3 aliphatic heterocycles. The Labute approximate surface area is 153 Å². The van der Waals surface area contributed by atoms with Gasteiger partial charge in [0.25, 0.3) is 0 Å². The van der Waals surface area contributed by atoms with Gasteiger partial charge in [-0.1, -0.05) is 6.07 Å². The van der Waals surface area contributed by atoms with Crippen LogP contribution in [0.4, 0.5) is 5.82 Å². The molecule has 0 radical (unpaired) electrons. The number of anilines is 1. The largest absolute Gasteiger partial charge is 0.454 e. The lowest BCUT2D eigenvalue weighted by atomic mass is 9.91. The third-order valence-corrected chi connectivity index (χ3v) is 5.71. The van der Waals surface area contributed by atoms with E-state index >= 15 is 0 Å². The number of aromatic nitrogens is 1. The minimum Gasteiger partial charge on any atom is -0.454 e. The van der Waals surface area contributed by atoms with Gasteiger partial charge in [0.1, 0.15) is 11.5 Å². The third-order valence-electron chi connectivity index (χ3n) is 5.71. The molecular weight excluding hydrogens is 330 g/mol. The van der Waals surface area contributed by atoms with Crippen LogP contribution in [0, 0.1) is 0 Å². The fraction of sp³-hybridized carbons (Fsp3) is 0.450. The Morgan fingerprint density at radius 2 is 1.85 bits per heavy atom. The van der Waals surface area contributed by atoms with Crippen molar-refractivity contribution < 1.29 is 14.2 Å². The van der Waals surface area contributed by atoms with Crippen molar-refractivity contribution in [2.75, 3.05) is 44.5 Å². The minimum atomic E-state index is -0.426. The summed E-state index contributed by atoms with van der Waals surface area (Å²) in [7, 11) is 0. The quantitative estimate of drug-likeness (QED) is 0.826. The van der Waals surface area contributed by atoms with Gasteiger partial charge in [0, 0.05) is 37.9 Å². The molecule has 0 saturated carbocycles. The summed E-state index contributed by atoms with van der Waals surface area (Å²) in [6.07, 6.45) is 2.77. The molecular formula is C20H23N3O3. The maximum Gasteiger partial charge on any atom is 0.231 e. The standard InChI is InChI=1S/C20H23N3O3/c1-20(23-9-7-22(8-10-23)19-4-2-3-6-21-19)16-13-18-17(24-14-25-18)12-15(16)5-11-26-20/h2-4,6,12-13H,5,7-11,14H2,1H3. The van der Waals surface area contributed by atoms with Crippen molar-refractivity contribution >= 4 is 5.82 Å². The van der Waals surface area contributed by atoms with Crippen molar-refractivity contribution in [3.63, 3.8) is 0 Å². The molecule has 6 nitrogen and oxygen atoms in total. The number of piperazine rings is 1. The highest BCUT2D eigenvalue weighted by Crippen LogP contribution is 2.43. The summed E-state index contributed by atoms with van der Waals surface area (Å²) in [4.78, 5) is 9.25. The van der Waals surface area contributed by atoms with E-state index in [1.165, 1.54) is 11.1 Å².